The van der Waals surface area contributed by atoms with Crippen molar-refractivity contribution in [1.82, 2.24) is 5.32 Å². The Labute approximate surface area is 150 Å². The Kier molecular flexibility index (Phi) is 5.99. The summed E-state index contributed by atoms with van der Waals surface area (Å²) in [5, 5.41) is 3.38. The summed E-state index contributed by atoms with van der Waals surface area (Å²) in [7, 11) is 0. The van der Waals surface area contributed by atoms with Crippen LogP contribution in [0.2, 0.25) is 0 Å². The fourth-order valence-corrected chi connectivity index (χ4v) is 2.80. The van der Waals surface area contributed by atoms with Gasteiger partial charge >= 0.3 is 0 Å². The molecule has 3 rings (SSSR count). The van der Waals surface area contributed by atoms with E-state index in [1.165, 1.54) is 27.8 Å². The predicted molar refractivity (Wildman–Crippen MR) is 103 cm³/mol. The van der Waals surface area contributed by atoms with Gasteiger partial charge in [-0.15, -0.1) is 0 Å². The summed E-state index contributed by atoms with van der Waals surface area (Å²) < 4.78 is 6.19. The van der Waals surface area contributed by atoms with Crippen LogP contribution < -0.4 is 5.32 Å². The molecule has 0 amide bonds. The van der Waals surface area contributed by atoms with Crippen LogP contribution in [0.4, 0.5) is 0 Å². The van der Waals surface area contributed by atoms with Gasteiger partial charge in [0.25, 0.3) is 0 Å². The maximum Gasteiger partial charge on any atom is 0.109 e. The van der Waals surface area contributed by atoms with Crippen molar-refractivity contribution in [2.45, 2.75) is 26.5 Å². The number of ether oxygens (including phenoxy) is 1. The molecule has 0 aromatic heterocycles. The number of hydrogen-bond acceptors (Lipinski definition) is 2. The van der Waals surface area contributed by atoms with Crippen molar-refractivity contribution in [1.29, 1.82) is 0 Å². The van der Waals surface area contributed by atoms with Crippen molar-refractivity contribution < 1.29 is 4.74 Å². The molecule has 1 N–H and O–H groups in total. The molecule has 3 aromatic carbocycles. The van der Waals surface area contributed by atoms with E-state index in [1.807, 2.05) is 6.07 Å². The van der Waals surface area contributed by atoms with Crippen LogP contribution in [0.1, 0.15) is 33.9 Å². The number of rotatable bonds is 7. The fourth-order valence-electron chi connectivity index (χ4n) is 2.80. The molecule has 0 heterocycles. The zero-order chi connectivity index (χ0) is 17.5. The highest BCUT2D eigenvalue weighted by Gasteiger charge is 2.14. The van der Waals surface area contributed by atoms with E-state index in [0.29, 0.717) is 6.73 Å². The third kappa shape index (κ3) is 5.02. The van der Waals surface area contributed by atoms with Crippen LogP contribution in [0.5, 0.6) is 0 Å². The predicted octanol–water partition coefficient (Wildman–Crippen LogP) is 5.16. The van der Waals surface area contributed by atoms with Gasteiger partial charge in [-0.3, -0.25) is 5.32 Å². The minimum atomic E-state index is -0.0627. The van der Waals surface area contributed by atoms with E-state index in [2.05, 4.69) is 92.0 Å². The Morgan fingerprint density at radius 3 is 1.92 bits per heavy atom. The summed E-state index contributed by atoms with van der Waals surface area (Å²) in [6, 6.07) is 27.5. The molecule has 2 heteroatoms. The van der Waals surface area contributed by atoms with E-state index in [4.69, 9.17) is 4.74 Å². The Morgan fingerprint density at radius 1 is 0.720 bits per heavy atom. The molecule has 0 saturated carbocycles. The van der Waals surface area contributed by atoms with Crippen LogP contribution in [0.25, 0.3) is 0 Å². The first-order valence-electron chi connectivity index (χ1n) is 8.72. The second-order valence-electron chi connectivity index (χ2n) is 6.42. The van der Waals surface area contributed by atoms with E-state index in [-0.39, 0.29) is 6.10 Å². The zero-order valence-electron chi connectivity index (χ0n) is 14.9. The summed E-state index contributed by atoms with van der Waals surface area (Å²) in [6.07, 6.45) is -0.0627. The lowest BCUT2D eigenvalue weighted by atomic mass is 10.0. The highest BCUT2D eigenvalue weighted by Crippen LogP contribution is 2.25. The van der Waals surface area contributed by atoms with Crippen molar-refractivity contribution in [3.63, 3.8) is 0 Å². The van der Waals surface area contributed by atoms with Gasteiger partial charge in [-0.2, -0.15) is 0 Å². The third-order valence-electron chi connectivity index (χ3n) is 4.28. The number of aryl methyl sites for hydroxylation is 2. The third-order valence-corrected chi connectivity index (χ3v) is 4.28. The van der Waals surface area contributed by atoms with Crippen molar-refractivity contribution in [2.75, 3.05) is 6.73 Å². The number of nitrogens with one attached hydrogen (secondary N) is 1. The molecule has 0 aliphatic carbocycles. The Morgan fingerprint density at radius 2 is 1.28 bits per heavy atom. The molecule has 0 aliphatic rings. The standard InChI is InChI=1S/C23H25NO/c1-18-8-12-20(13-9-18)16-24-17-25-23(21-6-4-3-5-7-21)22-14-10-19(2)11-15-22/h3-15,23-24H,16-17H2,1-2H3. The van der Waals surface area contributed by atoms with Crippen LogP contribution in [0.15, 0.2) is 78.9 Å². The van der Waals surface area contributed by atoms with Gasteiger partial charge in [0.2, 0.25) is 0 Å². The maximum atomic E-state index is 6.19. The monoisotopic (exact) mass is 331 g/mol. The molecule has 2 nitrogen and oxygen atoms in total. The Balaban J connectivity index is 1.64. The highest BCUT2D eigenvalue weighted by molar-refractivity contribution is 5.31. The zero-order valence-corrected chi connectivity index (χ0v) is 14.9. The minimum absolute atomic E-state index is 0.0627. The van der Waals surface area contributed by atoms with Gasteiger partial charge in [0, 0.05) is 6.54 Å². The first-order valence-corrected chi connectivity index (χ1v) is 8.72. The van der Waals surface area contributed by atoms with Crippen molar-refractivity contribution in [3.05, 3.63) is 107 Å². The molecule has 3 aromatic rings. The van der Waals surface area contributed by atoms with E-state index in [9.17, 15) is 0 Å². The highest BCUT2D eigenvalue weighted by atomic mass is 16.5. The molecule has 0 saturated heterocycles. The second kappa shape index (κ2) is 8.61. The van der Waals surface area contributed by atoms with Gasteiger partial charge in [0.15, 0.2) is 0 Å². The molecule has 0 radical (unpaired) electrons. The Bertz CT molecular complexity index is 763. The van der Waals surface area contributed by atoms with Gasteiger partial charge in [0.05, 0.1) is 6.73 Å². The minimum Gasteiger partial charge on any atom is -0.354 e. The van der Waals surface area contributed by atoms with Gasteiger partial charge in [-0.25, -0.2) is 0 Å². The summed E-state index contributed by atoms with van der Waals surface area (Å²) in [6.45, 7) is 5.51. The number of benzene rings is 3. The first-order chi connectivity index (χ1) is 12.2. The van der Waals surface area contributed by atoms with Crippen LogP contribution in [-0.4, -0.2) is 6.73 Å². The molecule has 0 spiro atoms. The topological polar surface area (TPSA) is 21.3 Å². The van der Waals surface area contributed by atoms with Crippen LogP contribution in [0.3, 0.4) is 0 Å². The largest absolute Gasteiger partial charge is 0.354 e. The molecule has 128 valence electrons. The van der Waals surface area contributed by atoms with Gasteiger partial charge in [0.1, 0.15) is 6.10 Å². The molecule has 0 aliphatic heterocycles. The SMILES string of the molecule is Cc1ccc(CNCOC(c2ccccc2)c2ccc(C)cc2)cc1. The summed E-state index contributed by atoms with van der Waals surface area (Å²) in [4.78, 5) is 0. The molecule has 0 bridgehead atoms. The average molecular weight is 331 g/mol. The maximum absolute atomic E-state index is 6.19. The molecule has 25 heavy (non-hydrogen) atoms. The van der Waals surface area contributed by atoms with Gasteiger partial charge < -0.3 is 4.74 Å². The summed E-state index contributed by atoms with van der Waals surface area (Å²) in [5.41, 5.74) is 6.15. The van der Waals surface area contributed by atoms with Crippen molar-refractivity contribution in [3.8, 4) is 0 Å². The smallest absolute Gasteiger partial charge is 0.109 e. The van der Waals surface area contributed by atoms with Crippen LogP contribution in [0, 0.1) is 13.8 Å². The van der Waals surface area contributed by atoms with Gasteiger partial charge in [-0.05, 0) is 30.5 Å². The Hall–Kier alpha value is -2.42. The van der Waals surface area contributed by atoms with Gasteiger partial charge in [-0.1, -0.05) is 90.0 Å². The van der Waals surface area contributed by atoms with E-state index in [0.717, 1.165) is 6.54 Å². The summed E-state index contributed by atoms with van der Waals surface area (Å²) in [5.74, 6) is 0. The average Bonchev–Trinajstić information content (AvgIpc) is 2.65. The second-order valence-corrected chi connectivity index (χ2v) is 6.42. The first kappa shape index (κ1) is 17.4. The quantitative estimate of drug-likeness (QED) is 0.477. The fraction of sp³-hybridized carbons (Fsp3) is 0.217. The molecular weight excluding hydrogens is 306 g/mol. The normalized spacial score (nSPS) is 12.1. The lowest BCUT2D eigenvalue weighted by molar-refractivity contribution is 0.0646. The van der Waals surface area contributed by atoms with Crippen LogP contribution >= 0.6 is 0 Å². The lowest BCUT2D eigenvalue weighted by Crippen LogP contribution is -2.20. The lowest BCUT2D eigenvalue weighted by Gasteiger charge is -2.19. The van der Waals surface area contributed by atoms with E-state index < -0.39 is 0 Å². The number of hydrogen-bond donors (Lipinski definition) is 1. The molecule has 0 fully saturated rings. The molecule has 1 unspecified atom stereocenters. The van der Waals surface area contributed by atoms with E-state index in [1.54, 1.807) is 0 Å². The van der Waals surface area contributed by atoms with Crippen molar-refractivity contribution in [2.24, 2.45) is 0 Å². The van der Waals surface area contributed by atoms with Crippen LogP contribution in [-0.2, 0) is 11.3 Å². The van der Waals surface area contributed by atoms with E-state index >= 15 is 0 Å². The summed E-state index contributed by atoms with van der Waals surface area (Å²) >= 11 is 0. The molecule has 1 atom stereocenters. The van der Waals surface area contributed by atoms with Crippen molar-refractivity contribution >= 4 is 0 Å². The molecular formula is C23H25NO.